The van der Waals surface area contributed by atoms with Gasteiger partial charge in [0.1, 0.15) is 0 Å². The Kier molecular flexibility index (Phi) is 9.14. The summed E-state index contributed by atoms with van der Waals surface area (Å²) in [5.41, 5.74) is 2.66. The van der Waals surface area contributed by atoms with Gasteiger partial charge in [-0.3, -0.25) is 0 Å². The quantitative estimate of drug-likeness (QED) is 0.418. The lowest BCUT2D eigenvalue weighted by Crippen LogP contribution is -1.80. The first-order valence-corrected chi connectivity index (χ1v) is 8.06. The molecule has 0 aromatic heterocycles. The molecule has 0 spiro atoms. The SMILES string of the molecule is CCCCCCCCCCC=Cc1ccc(C)cc1. The third-order valence-electron chi connectivity index (χ3n) is 3.61. The Morgan fingerprint density at radius 3 is 2.00 bits per heavy atom. The largest absolute Gasteiger partial charge is 0.0839 e. The zero-order valence-electron chi connectivity index (χ0n) is 12.8. The fraction of sp³-hybridized carbons (Fsp3) is 0.579. The molecule has 0 atom stereocenters. The van der Waals surface area contributed by atoms with Crippen molar-refractivity contribution in [1.29, 1.82) is 0 Å². The van der Waals surface area contributed by atoms with E-state index in [1.807, 2.05) is 0 Å². The second-order valence-corrected chi connectivity index (χ2v) is 5.58. The molecule has 1 rings (SSSR count). The van der Waals surface area contributed by atoms with Crippen molar-refractivity contribution in [3.05, 3.63) is 41.5 Å². The third kappa shape index (κ3) is 8.64. The molecule has 0 saturated carbocycles. The number of hydrogen-bond acceptors (Lipinski definition) is 0. The summed E-state index contributed by atoms with van der Waals surface area (Å²) >= 11 is 0. The van der Waals surface area contributed by atoms with Crippen LogP contribution in [0, 0.1) is 6.92 Å². The van der Waals surface area contributed by atoms with Gasteiger partial charge in [-0.15, -0.1) is 0 Å². The second kappa shape index (κ2) is 10.8. The molecule has 1 aromatic rings. The molecule has 0 bridgehead atoms. The summed E-state index contributed by atoms with van der Waals surface area (Å²) in [7, 11) is 0. The summed E-state index contributed by atoms with van der Waals surface area (Å²) in [5, 5.41) is 0. The van der Waals surface area contributed by atoms with Gasteiger partial charge >= 0.3 is 0 Å². The molecule has 0 aliphatic rings. The van der Waals surface area contributed by atoms with Crippen LogP contribution in [0.3, 0.4) is 0 Å². The number of rotatable bonds is 10. The maximum absolute atomic E-state index is 2.32. The van der Waals surface area contributed by atoms with Crippen molar-refractivity contribution < 1.29 is 0 Å². The average molecular weight is 258 g/mol. The van der Waals surface area contributed by atoms with E-state index < -0.39 is 0 Å². The van der Waals surface area contributed by atoms with Gasteiger partial charge in [0.05, 0.1) is 0 Å². The van der Waals surface area contributed by atoms with Gasteiger partial charge in [0.25, 0.3) is 0 Å². The van der Waals surface area contributed by atoms with Crippen molar-refractivity contribution in [1.82, 2.24) is 0 Å². The van der Waals surface area contributed by atoms with Crippen molar-refractivity contribution >= 4 is 6.08 Å². The van der Waals surface area contributed by atoms with Crippen molar-refractivity contribution in [2.24, 2.45) is 0 Å². The molecule has 0 nitrogen and oxygen atoms in total. The molecule has 0 radical (unpaired) electrons. The normalized spacial score (nSPS) is 11.3. The topological polar surface area (TPSA) is 0 Å². The lowest BCUT2D eigenvalue weighted by atomic mass is 10.1. The van der Waals surface area contributed by atoms with Crippen LogP contribution in [-0.4, -0.2) is 0 Å². The Morgan fingerprint density at radius 1 is 0.789 bits per heavy atom. The molecule has 0 unspecified atom stereocenters. The van der Waals surface area contributed by atoms with E-state index in [1.54, 1.807) is 0 Å². The maximum Gasteiger partial charge on any atom is -0.0260 e. The Balaban J connectivity index is 1.97. The molecule has 19 heavy (non-hydrogen) atoms. The van der Waals surface area contributed by atoms with Gasteiger partial charge in [0, 0.05) is 0 Å². The van der Waals surface area contributed by atoms with Gasteiger partial charge in [0.2, 0.25) is 0 Å². The lowest BCUT2D eigenvalue weighted by molar-refractivity contribution is 0.578. The first kappa shape index (κ1) is 16.0. The minimum absolute atomic E-state index is 1.23. The molecule has 0 heteroatoms. The predicted octanol–water partition coefficient (Wildman–Crippen LogP) is 6.54. The van der Waals surface area contributed by atoms with Crippen molar-refractivity contribution in [2.75, 3.05) is 0 Å². The van der Waals surface area contributed by atoms with E-state index in [-0.39, 0.29) is 0 Å². The summed E-state index contributed by atoms with van der Waals surface area (Å²) < 4.78 is 0. The van der Waals surface area contributed by atoms with Gasteiger partial charge in [0.15, 0.2) is 0 Å². The number of hydrogen-bond donors (Lipinski definition) is 0. The van der Waals surface area contributed by atoms with Gasteiger partial charge in [-0.25, -0.2) is 0 Å². The van der Waals surface area contributed by atoms with E-state index >= 15 is 0 Å². The van der Waals surface area contributed by atoms with Crippen LogP contribution in [0.5, 0.6) is 0 Å². The Labute approximate surface area is 119 Å². The highest BCUT2D eigenvalue weighted by atomic mass is 14.0. The molecule has 0 heterocycles. The van der Waals surface area contributed by atoms with Crippen molar-refractivity contribution in [2.45, 2.75) is 71.6 Å². The van der Waals surface area contributed by atoms with Crippen LogP contribution >= 0.6 is 0 Å². The number of allylic oxidation sites excluding steroid dienone is 1. The monoisotopic (exact) mass is 258 g/mol. The molecule has 106 valence electrons. The van der Waals surface area contributed by atoms with Crippen molar-refractivity contribution in [3.8, 4) is 0 Å². The molecule has 0 aliphatic carbocycles. The minimum atomic E-state index is 1.23. The van der Waals surface area contributed by atoms with E-state index in [1.165, 1.54) is 68.9 Å². The summed E-state index contributed by atoms with van der Waals surface area (Å²) in [6.45, 7) is 4.41. The Morgan fingerprint density at radius 2 is 1.37 bits per heavy atom. The smallest absolute Gasteiger partial charge is 0.0260 e. The average Bonchev–Trinajstić information content (AvgIpc) is 2.43. The van der Waals surface area contributed by atoms with E-state index in [0.717, 1.165) is 0 Å². The van der Waals surface area contributed by atoms with Crippen LogP contribution in [-0.2, 0) is 0 Å². The van der Waals surface area contributed by atoms with Crippen molar-refractivity contribution in [3.63, 3.8) is 0 Å². The fourth-order valence-corrected chi connectivity index (χ4v) is 2.29. The predicted molar refractivity (Wildman–Crippen MR) is 87.4 cm³/mol. The minimum Gasteiger partial charge on any atom is -0.0839 e. The fourth-order valence-electron chi connectivity index (χ4n) is 2.29. The standard InChI is InChI=1S/C19H30/c1-3-4-5-6-7-8-9-10-11-12-13-19-16-14-18(2)15-17-19/h12-17H,3-11H2,1-2H3. The summed E-state index contributed by atoms with van der Waals surface area (Å²) in [6.07, 6.45) is 17.0. The zero-order valence-corrected chi connectivity index (χ0v) is 12.8. The number of aryl methyl sites for hydroxylation is 1. The van der Waals surface area contributed by atoms with Gasteiger partial charge in [-0.05, 0) is 25.3 Å². The van der Waals surface area contributed by atoms with Crippen LogP contribution in [0.25, 0.3) is 6.08 Å². The highest BCUT2D eigenvalue weighted by Gasteiger charge is 1.91. The number of benzene rings is 1. The van der Waals surface area contributed by atoms with E-state index in [0.29, 0.717) is 0 Å². The van der Waals surface area contributed by atoms with Gasteiger partial charge in [-0.2, -0.15) is 0 Å². The van der Waals surface area contributed by atoms with Crippen LogP contribution in [0.2, 0.25) is 0 Å². The molecule has 0 N–H and O–H groups in total. The Bertz CT molecular complexity index is 332. The van der Waals surface area contributed by atoms with E-state index in [9.17, 15) is 0 Å². The first-order valence-electron chi connectivity index (χ1n) is 8.06. The van der Waals surface area contributed by atoms with Gasteiger partial charge < -0.3 is 0 Å². The highest BCUT2D eigenvalue weighted by molar-refractivity contribution is 5.49. The molecule has 0 fully saturated rings. The Hall–Kier alpha value is -1.04. The van der Waals surface area contributed by atoms with E-state index in [2.05, 4.69) is 50.3 Å². The summed E-state index contributed by atoms with van der Waals surface area (Å²) in [4.78, 5) is 0. The van der Waals surface area contributed by atoms with Crippen LogP contribution in [0.4, 0.5) is 0 Å². The van der Waals surface area contributed by atoms with Crippen LogP contribution < -0.4 is 0 Å². The van der Waals surface area contributed by atoms with Crippen LogP contribution in [0.15, 0.2) is 30.3 Å². The highest BCUT2D eigenvalue weighted by Crippen LogP contribution is 2.11. The molecular formula is C19H30. The third-order valence-corrected chi connectivity index (χ3v) is 3.61. The lowest BCUT2D eigenvalue weighted by Gasteiger charge is -2.00. The first-order chi connectivity index (χ1) is 9.33. The maximum atomic E-state index is 2.32. The van der Waals surface area contributed by atoms with Gasteiger partial charge in [-0.1, -0.05) is 93.9 Å². The molecule has 1 aromatic carbocycles. The summed E-state index contributed by atoms with van der Waals surface area (Å²) in [5.74, 6) is 0. The zero-order chi connectivity index (χ0) is 13.8. The molecule has 0 saturated heterocycles. The molecular weight excluding hydrogens is 228 g/mol. The summed E-state index contributed by atoms with van der Waals surface area (Å²) in [6, 6.07) is 8.74. The second-order valence-electron chi connectivity index (χ2n) is 5.58. The van der Waals surface area contributed by atoms with E-state index in [4.69, 9.17) is 0 Å². The molecule has 0 amide bonds. The van der Waals surface area contributed by atoms with Crippen LogP contribution in [0.1, 0.15) is 75.8 Å². The molecule has 0 aliphatic heterocycles. The number of unbranched alkanes of at least 4 members (excludes halogenated alkanes) is 8.